The molecule has 0 radical (unpaired) electrons. The maximum absolute atomic E-state index is 13.0. The Hall–Kier alpha value is -2.71. The van der Waals surface area contributed by atoms with E-state index in [-0.39, 0.29) is 48.7 Å². The molecule has 8 heteroatoms. The van der Waals surface area contributed by atoms with E-state index in [0.29, 0.717) is 13.1 Å². The van der Waals surface area contributed by atoms with Crippen LogP contribution in [-0.2, 0) is 19.6 Å². The molecular formula is C26H33N3O4S. The van der Waals surface area contributed by atoms with Gasteiger partial charge in [0.05, 0.1) is 10.9 Å². The van der Waals surface area contributed by atoms with Crippen LogP contribution in [0.1, 0.15) is 48.4 Å². The van der Waals surface area contributed by atoms with Gasteiger partial charge in [0.2, 0.25) is 21.8 Å². The van der Waals surface area contributed by atoms with E-state index in [1.165, 1.54) is 15.4 Å². The van der Waals surface area contributed by atoms with Crippen molar-refractivity contribution in [1.29, 1.82) is 0 Å². The first-order valence-electron chi connectivity index (χ1n) is 12.0. The van der Waals surface area contributed by atoms with Crippen LogP contribution in [0.3, 0.4) is 0 Å². The minimum absolute atomic E-state index is 0.0133. The number of carbonyl (C=O) groups is 2. The lowest BCUT2D eigenvalue weighted by molar-refractivity contribution is -0.138. The minimum atomic E-state index is -3.55. The van der Waals surface area contributed by atoms with Crippen LogP contribution in [0, 0.1) is 13.8 Å². The van der Waals surface area contributed by atoms with E-state index < -0.39 is 10.0 Å². The maximum atomic E-state index is 13.0. The Morgan fingerprint density at radius 3 is 2.21 bits per heavy atom. The van der Waals surface area contributed by atoms with Crippen molar-refractivity contribution in [1.82, 2.24) is 14.1 Å². The van der Waals surface area contributed by atoms with Crippen molar-refractivity contribution < 1.29 is 18.0 Å². The van der Waals surface area contributed by atoms with Gasteiger partial charge in [0.1, 0.15) is 0 Å². The predicted octanol–water partition coefficient (Wildman–Crippen LogP) is 3.28. The second-order valence-electron chi connectivity index (χ2n) is 9.19. The normalized spacial score (nSPS) is 19.4. The fourth-order valence-corrected chi connectivity index (χ4v) is 6.26. The first kappa shape index (κ1) is 24.4. The summed E-state index contributed by atoms with van der Waals surface area (Å²) in [4.78, 5) is 29.6. The van der Waals surface area contributed by atoms with Crippen LogP contribution < -0.4 is 0 Å². The fourth-order valence-electron chi connectivity index (χ4n) is 4.82. The molecule has 34 heavy (non-hydrogen) atoms. The Balaban J connectivity index is 1.29. The van der Waals surface area contributed by atoms with Gasteiger partial charge in [0.25, 0.3) is 0 Å². The fraction of sp³-hybridized carbons (Fsp3) is 0.462. The summed E-state index contributed by atoms with van der Waals surface area (Å²) >= 11 is 0. The van der Waals surface area contributed by atoms with E-state index in [1.54, 1.807) is 35.2 Å². The lowest BCUT2D eigenvalue weighted by Crippen LogP contribution is -2.50. The van der Waals surface area contributed by atoms with E-state index in [4.69, 9.17) is 0 Å². The van der Waals surface area contributed by atoms with Crippen LogP contribution in [-0.4, -0.2) is 67.1 Å². The number of aryl methyl sites for hydroxylation is 2. The van der Waals surface area contributed by atoms with Crippen molar-refractivity contribution in [2.75, 3.05) is 32.7 Å². The third-order valence-corrected chi connectivity index (χ3v) is 8.93. The number of likely N-dealkylation sites (tertiary alicyclic amines) is 1. The van der Waals surface area contributed by atoms with Crippen molar-refractivity contribution in [3.05, 3.63) is 65.2 Å². The Labute approximate surface area is 202 Å². The maximum Gasteiger partial charge on any atom is 0.243 e. The lowest BCUT2D eigenvalue weighted by atomic mass is 9.99. The molecule has 0 N–H and O–H groups in total. The van der Waals surface area contributed by atoms with Crippen molar-refractivity contribution in [3.63, 3.8) is 0 Å². The molecule has 0 saturated carbocycles. The van der Waals surface area contributed by atoms with Gasteiger partial charge < -0.3 is 9.80 Å². The van der Waals surface area contributed by atoms with Gasteiger partial charge in [0, 0.05) is 45.6 Å². The average molecular weight is 484 g/mol. The number of benzene rings is 2. The quantitative estimate of drug-likeness (QED) is 0.632. The first-order valence-corrected chi connectivity index (χ1v) is 13.4. The second-order valence-corrected chi connectivity index (χ2v) is 11.1. The van der Waals surface area contributed by atoms with Crippen molar-refractivity contribution in [2.24, 2.45) is 0 Å². The SMILES string of the molecule is Cc1ccc(C2CCCN2C(=O)CCC(=O)N2CCN(S(=O)(=O)c3ccccc3)CC2)cc1C. The molecule has 2 saturated heterocycles. The summed E-state index contributed by atoms with van der Waals surface area (Å²) in [5.41, 5.74) is 3.62. The minimum Gasteiger partial charge on any atom is -0.340 e. The molecule has 1 unspecified atom stereocenters. The largest absolute Gasteiger partial charge is 0.340 e. The Morgan fingerprint density at radius 2 is 1.53 bits per heavy atom. The Kier molecular flexibility index (Phi) is 7.38. The summed E-state index contributed by atoms with van der Waals surface area (Å²) in [7, 11) is -3.55. The van der Waals surface area contributed by atoms with Gasteiger partial charge >= 0.3 is 0 Å². The number of piperazine rings is 1. The van der Waals surface area contributed by atoms with Crippen LogP contribution in [0.5, 0.6) is 0 Å². The van der Waals surface area contributed by atoms with Crippen LogP contribution >= 0.6 is 0 Å². The van der Waals surface area contributed by atoms with Crippen molar-refractivity contribution >= 4 is 21.8 Å². The third-order valence-electron chi connectivity index (χ3n) is 7.01. The van der Waals surface area contributed by atoms with Gasteiger partial charge in [-0.05, 0) is 55.5 Å². The van der Waals surface area contributed by atoms with Gasteiger partial charge in [0.15, 0.2) is 0 Å². The average Bonchev–Trinajstić information content (AvgIpc) is 3.35. The molecule has 2 aliphatic rings. The zero-order valence-electron chi connectivity index (χ0n) is 19.9. The summed E-state index contributed by atoms with van der Waals surface area (Å²) in [6.07, 6.45) is 2.25. The van der Waals surface area contributed by atoms with Crippen molar-refractivity contribution in [2.45, 2.75) is 50.5 Å². The van der Waals surface area contributed by atoms with Crippen LogP contribution in [0.15, 0.2) is 53.4 Å². The molecular weight excluding hydrogens is 450 g/mol. The Morgan fingerprint density at radius 1 is 0.853 bits per heavy atom. The molecule has 7 nitrogen and oxygen atoms in total. The van der Waals surface area contributed by atoms with Gasteiger partial charge in [-0.15, -0.1) is 0 Å². The highest BCUT2D eigenvalue weighted by atomic mass is 32.2. The van der Waals surface area contributed by atoms with E-state index in [0.717, 1.165) is 24.9 Å². The van der Waals surface area contributed by atoms with Crippen LogP contribution in [0.2, 0.25) is 0 Å². The molecule has 0 bridgehead atoms. The van der Waals surface area contributed by atoms with Gasteiger partial charge in [-0.1, -0.05) is 36.4 Å². The van der Waals surface area contributed by atoms with E-state index in [1.807, 2.05) is 4.90 Å². The van der Waals surface area contributed by atoms with Gasteiger partial charge in [-0.25, -0.2) is 8.42 Å². The number of sulfonamides is 1. The number of hydrogen-bond acceptors (Lipinski definition) is 4. The van der Waals surface area contributed by atoms with E-state index in [2.05, 4.69) is 32.0 Å². The number of hydrogen-bond donors (Lipinski definition) is 0. The van der Waals surface area contributed by atoms with Gasteiger partial charge in [-0.2, -0.15) is 4.31 Å². The lowest BCUT2D eigenvalue weighted by Gasteiger charge is -2.34. The highest BCUT2D eigenvalue weighted by molar-refractivity contribution is 7.89. The topological polar surface area (TPSA) is 78.0 Å². The number of nitrogens with zero attached hydrogens (tertiary/aromatic N) is 3. The number of amides is 2. The number of carbonyl (C=O) groups excluding carboxylic acids is 2. The Bertz CT molecular complexity index is 1140. The molecule has 2 aromatic carbocycles. The molecule has 4 rings (SSSR count). The smallest absolute Gasteiger partial charge is 0.243 e. The molecule has 0 aliphatic carbocycles. The first-order chi connectivity index (χ1) is 16.3. The van der Waals surface area contributed by atoms with E-state index in [9.17, 15) is 18.0 Å². The van der Waals surface area contributed by atoms with Crippen LogP contribution in [0.4, 0.5) is 0 Å². The molecule has 0 aromatic heterocycles. The summed E-state index contributed by atoms with van der Waals surface area (Å²) in [6, 6.07) is 14.8. The summed E-state index contributed by atoms with van der Waals surface area (Å²) < 4.78 is 27.0. The zero-order valence-corrected chi connectivity index (χ0v) is 20.8. The van der Waals surface area contributed by atoms with Crippen molar-refractivity contribution in [3.8, 4) is 0 Å². The highest BCUT2D eigenvalue weighted by Crippen LogP contribution is 2.33. The zero-order chi connectivity index (χ0) is 24.3. The number of rotatable bonds is 6. The predicted molar refractivity (Wildman–Crippen MR) is 131 cm³/mol. The molecule has 0 spiro atoms. The molecule has 2 aromatic rings. The van der Waals surface area contributed by atoms with Gasteiger partial charge in [-0.3, -0.25) is 9.59 Å². The van der Waals surface area contributed by atoms with E-state index >= 15 is 0 Å². The summed E-state index contributed by atoms with van der Waals surface area (Å²) in [5, 5.41) is 0. The molecule has 2 amide bonds. The molecule has 2 fully saturated rings. The monoisotopic (exact) mass is 483 g/mol. The molecule has 1 atom stereocenters. The standard InChI is InChI=1S/C26H33N3O4S/c1-20-10-11-22(19-21(20)2)24-9-6-14-29(24)26(31)13-12-25(30)27-15-17-28(18-16-27)34(32,33)23-7-4-3-5-8-23/h3-5,7-8,10-11,19,24H,6,9,12-18H2,1-2H3. The summed E-state index contributed by atoms with van der Waals surface area (Å²) in [6.45, 7) is 6.10. The molecule has 2 heterocycles. The second kappa shape index (κ2) is 10.3. The highest BCUT2D eigenvalue weighted by Gasteiger charge is 2.32. The molecule has 2 aliphatic heterocycles. The molecule has 182 valence electrons. The van der Waals surface area contributed by atoms with Crippen LogP contribution in [0.25, 0.3) is 0 Å². The third kappa shape index (κ3) is 5.18. The summed E-state index contributed by atoms with van der Waals surface area (Å²) in [5.74, 6) is -0.0774.